The zero-order chi connectivity index (χ0) is 9.03. The van der Waals surface area contributed by atoms with E-state index in [4.69, 9.17) is 9.42 Å². The van der Waals surface area contributed by atoms with Crippen LogP contribution in [0.4, 0.5) is 0 Å². The fourth-order valence-corrected chi connectivity index (χ4v) is 1.16. The Morgan fingerprint density at radius 1 is 1.38 bits per heavy atom. The van der Waals surface area contributed by atoms with Gasteiger partial charge in [0.25, 0.3) is 0 Å². The minimum atomic E-state index is -3.33. The Labute approximate surface area is 99.9 Å². The third kappa shape index (κ3) is 6.44. The Morgan fingerprint density at radius 3 is 2.38 bits per heavy atom. The van der Waals surface area contributed by atoms with Crippen LogP contribution in [0.15, 0.2) is 30.3 Å². The summed E-state index contributed by atoms with van der Waals surface area (Å²) in [7, 11) is -3.33. The molecule has 0 saturated heterocycles. The third-order valence-corrected chi connectivity index (χ3v) is 1.92. The molecule has 0 fully saturated rings. The summed E-state index contributed by atoms with van der Waals surface area (Å²) in [5.74, 6) is 0. The van der Waals surface area contributed by atoms with E-state index in [9.17, 15) is 4.57 Å². The van der Waals surface area contributed by atoms with Crippen LogP contribution in [0, 0.1) is 0 Å². The van der Waals surface area contributed by atoms with Gasteiger partial charge in [0.15, 0.2) is 0 Å². The molecule has 1 rings (SSSR count). The minimum absolute atomic E-state index is 0. The zero-order valence-electron chi connectivity index (χ0n) is 6.80. The SMILES string of the molecule is CP(=O)(O)OCc1ccccc1.[NaH]. The van der Waals surface area contributed by atoms with Crippen molar-refractivity contribution in [2.24, 2.45) is 0 Å². The summed E-state index contributed by atoms with van der Waals surface area (Å²) >= 11 is 0. The Balaban J connectivity index is 0.00000144. The van der Waals surface area contributed by atoms with Crippen molar-refractivity contribution < 1.29 is 14.0 Å². The first kappa shape index (κ1) is 13.4. The molecule has 0 amide bonds. The van der Waals surface area contributed by atoms with Gasteiger partial charge in [-0.25, -0.2) is 0 Å². The van der Waals surface area contributed by atoms with E-state index in [-0.39, 0.29) is 36.2 Å². The molecule has 0 aromatic heterocycles. The van der Waals surface area contributed by atoms with Crippen molar-refractivity contribution in [1.29, 1.82) is 0 Å². The van der Waals surface area contributed by atoms with Crippen LogP contribution in [0.3, 0.4) is 0 Å². The zero-order valence-corrected chi connectivity index (χ0v) is 7.70. The summed E-state index contributed by atoms with van der Waals surface area (Å²) in [6.07, 6.45) is 0. The molecule has 68 valence electrons. The standard InChI is InChI=1S/C8H11O3P.Na.H/c1-12(9,10)11-7-8-5-3-2-4-6-8;;/h2-6H,7H2,1H3,(H,9,10);;. The summed E-state index contributed by atoms with van der Waals surface area (Å²) in [6.45, 7) is 1.36. The van der Waals surface area contributed by atoms with Crippen LogP contribution < -0.4 is 0 Å². The van der Waals surface area contributed by atoms with E-state index in [0.29, 0.717) is 0 Å². The van der Waals surface area contributed by atoms with Gasteiger partial charge in [-0.2, -0.15) is 0 Å². The molecule has 0 aliphatic carbocycles. The average Bonchev–Trinajstić information content (AvgIpc) is 2.02. The molecule has 0 spiro atoms. The van der Waals surface area contributed by atoms with Crippen LogP contribution in [0.2, 0.25) is 0 Å². The predicted octanol–water partition coefficient (Wildman–Crippen LogP) is 1.37. The van der Waals surface area contributed by atoms with E-state index >= 15 is 0 Å². The second-order valence-corrected chi connectivity index (χ2v) is 4.43. The first-order chi connectivity index (χ1) is 5.58. The van der Waals surface area contributed by atoms with Gasteiger partial charge in [-0.05, 0) is 5.56 Å². The molecule has 3 nitrogen and oxygen atoms in total. The Bertz CT molecular complexity index is 283. The Hall–Kier alpha value is 0.370. The molecular formula is C8H12NaO3P. The van der Waals surface area contributed by atoms with Gasteiger partial charge in [0, 0.05) is 6.66 Å². The van der Waals surface area contributed by atoms with Crippen LogP contribution >= 0.6 is 7.60 Å². The fourth-order valence-electron chi connectivity index (χ4n) is 0.769. The van der Waals surface area contributed by atoms with E-state index in [1.54, 1.807) is 0 Å². The summed E-state index contributed by atoms with van der Waals surface area (Å²) in [5.41, 5.74) is 0.897. The van der Waals surface area contributed by atoms with Gasteiger partial charge in [-0.1, -0.05) is 30.3 Å². The molecule has 1 aromatic rings. The van der Waals surface area contributed by atoms with Gasteiger partial charge < -0.3 is 9.42 Å². The van der Waals surface area contributed by atoms with E-state index in [0.717, 1.165) is 5.56 Å². The molecule has 0 radical (unpaired) electrons. The number of hydrogen-bond donors (Lipinski definition) is 1. The van der Waals surface area contributed by atoms with Crippen molar-refractivity contribution >= 4 is 37.2 Å². The molecule has 1 unspecified atom stereocenters. The van der Waals surface area contributed by atoms with Crippen molar-refractivity contribution in [3.8, 4) is 0 Å². The van der Waals surface area contributed by atoms with Gasteiger partial charge in [0.05, 0.1) is 6.61 Å². The second-order valence-electron chi connectivity index (χ2n) is 2.56. The molecule has 0 heterocycles. The molecule has 1 atom stereocenters. The van der Waals surface area contributed by atoms with Crippen molar-refractivity contribution in [2.45, 2.75) is 6.61 Å². The molecular weight excluding hydrogens is 198 g/mol. The maximum absolute atomic E-state index is 10.7. The fraction of sp³-hybridized carbons (Fsp3) is 0.250. The molecule has 1 N–H and O–H groups in total. The summed E-state index contributed by atoms with van der Waals surface area (Å²) in [4.78, 5) is 8.81. The Morgan fingerprint density at radius 2 is 1.92 bits per heavy atom. The summed E-state index contributed by atoms with van der Waals surface area (Å²) in [6, 6.07) is 9.28. The van der Waals surface area contributed by atoms with Crippen LogP contribution in [0.5, 0.6) is 0 Å². The third-order valence-electron chi connectivity index (χ3n) is 1.31. The van der Waals surface area contributed by atoms with Gasteiger partial charge in [0.2, 0.25) is 0 Å². The maximum atomic E-state index is 10.7. The molecule has 1 aromatic carbocycles. The molecule has 13 heavy (non-hydrogen) atoms. The molecule has 0 aliphatic heterocycles. The van der Waals surface area contributed by atoms with Crippen LogP contribution in [-0.2, 0) is 15.7 Å². The molecule has 0 bridgehead atoms. The first-order valence-electron chi connectivity index (χ1n) is 3.57. The topological polar surface area (TPSA) is 46.5 Å². The normalized spacial score (nSPS) is 14.3. The van der Waals surface area contributed by atoms with E-state index < -0.39 is 7.60 Å². The quantitative estimate of drug-likeness (QED) is 0.605. The molecule has 5 heteroatoms. The van der Waals surface area contributed by atoms with E-state index in [1.807, 2.05) is 30.3 Å². The van der Waals surface area contributed by atoms with E-state index in [2.05, 4.69) is 0 Å². The van der Waals surface area contributed by atoms with Crippen molar-refractivity contribution in [3.63, 3.8) is 0 Å². The Kier molecular flexibility index (Phi) is 6.14. The van der Waals surface area contributed by atoms with Gasteiger partial charge in [0.1, 0.15) is 0 Å². The van der Waals surface area contributed by atoms with Crippen LogP contribution in [-0.4, -0.2) is 41.1 Å². The first-order valence-corrected chi connectivity index (χ1v) is 5.59. The van der Waals surface area contributed by atoms with E-state index in [1.165, 1.54) is 6.66 Å². The average molecular weight is 210 g/mol. The van der Waals surface area contributed by atoms with Crippen molar-refractivity contribution in [3.05, 3.63) is 35.9 Å². The summed E-state index contributed by atoms with van der Waals surface area (Å²) in [5, 5.41) is 0. The van der Waals surface area contributed by atoms with Crippen molar-refractivity contribution in [1.82, 2.24) is 0 Å². The van der Waals surface area contributed by atoms with Gasteiger partial charge in [-0.3, -0.25) is 4.57 Å². The second kappa shape index (κ2) is 5.97. The summed E-state index contributed by atoms with van der Waals surface area (Å²) < 4.78 is 15.4. The predicted molar refractivity (Wildman–Crippen MR) is 54.1 cm³/mol. The number of benzene rings is 1. The number of hydrogen-bond acceptors (Lipinski definition) is 2. The molecule has 0 saturated carbocycles. The van der Waals surface area contributed by atoms with Crippen LogP contribution in [0.25, 0.3) is 0 Å². The van der Waals surface area contributed by atoms with Gasteiger partial charge in [-0.15, -0.1) is 0 Å². The van der Waals surface area contributed by atoms with Gasteiger partial charge >= 0.3 is 37.2 Å². The number of rotatable bonds is 3. The monoisotopic (exact) mass is 210 g/mol. The van der Waals surface area contributed by atoms with Crippen molar-refractivity contribution in [2.75, 3.05) is 6.66 Å². The van der Waals surface area contributed by atoms with Crippen LogP contribution in [0.1, 0.15) is 5.56 Å². The molecule has 0 aliphatic rings.